The summed E-state index contributed by atoms with van der Waals surface area (Å²) in [4.78, 5) is 37.5. The van der Waals surface area contributed by atoms with E-state index < -0.39 is 6.10 Å². The number of nitrogens with one attached hydrogen (secondary N) is 3. The highest BCUT2D eigenvalue weighted by atomic mass is 16.5. The minimum atomic E-state index is -0.447. The van der Waals surface area contributed by atoms with Crippen LogP contribution >= 0.6 is 0 Å². The van der Waals surface area contributed by atoms with Gasteiger partial charge in [0, 0.05) is 34.8 Å². The highest BCUT2D eigenvalue weighted by Crippen LogP contribution is 2.19. The molecule has 8 heteroatoms. The summed E-state index contributed by atoms with van der Waals surface area (Å²) in [5.74, 6) is -0.0629. The van der Waals surface area contributed by atoms with Gasteiger partial charge >= 0.3 is 0 Å². The van der Waals surface area contributed by atoms with Crippen molar-refractivity contribution in [1.82, 2.24) is 0 Å². The lowest BCUT2D eigenvalue weighted by molar-refractivity contribution is -0.124. The average molecular weight is 474 g/mol. The maximum atomic E-state index is 12.7. The Morgan fingerprint density at radius 2 is 1.49 bits per heavy atom. The average Bonchev–Trinajstić information content (AvgIpc) is 3.41. The molecule has 4 rings (SSSR count). The van der Waals surface area contributed by atoms with Gasteiger partial charge in [-0.15, -0.1) is 0 Å². The van der Waals surface area contributed by atoms with E-state index in [1.807, 2.05) is 6.92 Å². The van der Waals surface area contributed by atoms with Crippen LogP contribution in [0.2, 0.25) is 0 Å². The van der Waals surface area contributed by atoms with Crippen LogP contribution in [-0.4, -0.2) is 37.0 Å². The van der Waals surface area contributed by atoms with E-state index in [0.29, 0.717) is 47.8 Å². The lowest BCUT2D eigenvalue weighted by Gasteiger charge is -2.12. The molecule has 8 nitrogen and oxygen atoms in total. The number of rotatable bonds is 8. The molecule has 180 valence electrons. The van der Waals surface area contributed by atoms with Crippen LogP contribution in [0.15, 0.2) is 72.8 Å². The third-order valence-electron chi connectivity index (χ3n) is 5.44. The van der Waals surface area contributed by atoms with Crippen molar-refractivity contribution in [2.24, 2.45) is 0 Å². The first-order valence-corrected chi connectivity index (χ1v) is 11.5. The largest absolute Gasteiger partial charge is 0.494 e. The fourth-order valence-corrected chi connectivity index (χ4v) is 3.66. The highest BCUT2D eigenvalue weighted by Gasteiger charge is 2.23. The molecule has 3 aromatic rings. The molecule has 3 N–H and O–H groups in total. The van der Waals surface area contributed by atoms with E-state index in [9.17, 15) is 14.4 Å². The van der Waals surface area contributed by atoms with E-state index in [4.69, 9.17) is 9.47 Å². The van der Waals surface area contributed by atoms with Crippen molar-refractivity contribution >= 4 is 34.8 Å². The third-order valence-corrected chi connectivity index (χ3v) is 5.44. The Morgan fingerprint density at radius 3 is 2.11 bits per heavy atom. The smallest absolute Gasteiger partial charge is 0.255 e. The molecule has 1 heterocycles. The van der Waals surface area contributed by atoms with Crippen molar-refractivity contribution in [3.8, 4) is 5.75 Å². The minimum absolute atomic E-state index is 0.209. The van der Waals surface area contributed by atoms with E-state index in [2.05, 4.69) is 16.0 Å². The van der Waals surface area contributed by atoms with E-state index >= 15 is 0 Å². The molecule has 0 spiro atoms. The number of ether oxygens (including phenoxy) is 2. The number of benzene rings is 3. The first-order valence-electron chi connectivity index (χ1n) is 11.5. The van der Waals surface area contributed by atoms with Crippen LogP contribution in [0.1, 0.15) is 40.5 Å². The molecule has 3 amide bonds. The number of anilines is 3. The van der Waals surface area contributed by atoms with E-state index in [1.165, 1.54) is 0 Å². The first kappa shape index (κ1) is 24.0. The standard InChI is InChI=1S/C27H27N3O5/c1-2-34-23-14-12-21(13-15-23)28-25(31)18-8-10-20(11-9-18)29-26(32)19-5-3-6-22(17-19)30-27(33)24-7-4-16-35-24/h3,5-6,8-15,17,24H,2,4,7,16H2,1H3,(H,28,31)(H,29,32)(H,30,33). The van der Waals surface area contributed by atoms with Crippen molar-refractivity contribution in [2.45, 2.75) is 25.9 Å². The molecule has 1 aliphatic rings. The molecule has 0 aromatic heterocycles. The van der Waals surface area contributed by atoms with Gasteiger partial charge in [0.25, 0.3) is 17.7 Å². The third kappa shape index (κ3) is 6.45. The number of hydrogen-bond acceptors (Lipinski definition) is 5. The zero-order chi connectivity index (χ0) is 24.6. The van der Waals surface area contributed by atoms with Crippen molar-refractivity contribution in [3.05, 3.63) is 83.9 Å². The Bertz CT molecular complexity index is 1190. The first-order chi connectivity index (χ1) is 17.0. The second-order valence-electron chi connectivity index (χ2n) is 8.01. The summed E-state index contributed by atoms with van der Waals surface area (Å²) in [6, 6.07) is 20.4. The van der Waals surface area contributed by atoms with Gasteiger partial charge in [0.15, 0.2) is 0 Å². The lowest BCUT2D eigenvalue weighted by Crippen LogP contribution is -2.27. The Kier molecular flexibility index (Phi) is 7.74. The zero-order valence-corrected chi connectivity index (χ0v) is 19.4. The Balaban J connectivity index is 1.33. The Labute approximate surface area is 203 Å². The number of carbonyl (C=O) groups excluding carboxylic acids is 3. The Hall–Kier alpha value is -4.17. The van der Waals surface area contributed by atoms with Gasteiger partial charge in [-0.3, -0.25) is 14.4 Å². The summed E-state index contributed by atoms with van der Waals surface area (Å²) in [5, 5.41) is 8.43. The quantitative estimate of drug-likeness (QED) is 0.440. The molecular weight excluding hydrogens is 446 g/mol. The predicted octanol–water partition coefficient (Wildman–Crippen LogP) is 4.71. The van der Waals surface area contributed by atoms with Gasteiger partial charge in [-0.25, -0.2) is 0 Å². The monoisotopic (exact) mass is 473 g/mol. The SMILES string of the molecule is CCOc1ccc(NC(=O)c2ccc(NC(=O)c3cccc(NC(=O)C4CCCO4)c3)cc2)cc1. The van der Waals surface area contributed by atoms with Gasteiger partial charge in [0.2, 0.25) is 0 Å². The van der Waals surface area contributed by atoms with Gasteiger partial charge in [-0.2, -0.15) is 0 Å². The van der Waals surface area contributed by atoms with Crippen molar-refractivity contribution in [2.75, 3.05) is 29.2 Å². The van der Waals surface area contributed by atoms with E-state index in [1.54, 1.807) is 72.8 Å². The lowest BCUT2D eigenvalue weighted by atomic mass is 10.1. The second kappa shape index (κ2) is 11.3. The van der Waals surface area contributed by atoms with Crippen molar-refractivity contribution in [3.63, 3.8) is 0 Å². The molecule has 1 unspecified atom stereocenters. The fourth-order valence-electron chi connectivity index (χ4n) is 3.66. The summed E-state index contributed by atoms with van der Waals surface area (Å²) < 4.78 is 10.8. The van der Waals surface area contributed by atoms with Crippen LogP contribution in [-0.2, 0) is 9.53 Å². The van der Waals surface area contributed by atoms with Gasteiger partial charge in [-0.05, 0) is 86.5 Å². The molecule has 35 heavy (non-hydrogen) atoms. The summed E-state index contributed by atoms with van der Waals surface area (Å²) in [5.41, 5.74) is 2.58. The van der Waals surface area contributed by atoms with E-state index in [-0.39, 0.29) is 17.7 Å². The molecule has 0 bridgehead atoms. The fraction of sp³-hybridized carbons (Fsp3) is 0.222. The van der Waals surface area contributed by atoms with Gasteiger partial charge in [0.1, 0.15) is 11.9 Å². The molecule has 1 fully saturated rings. The number of hydrogen-bond donors (Lipinski definition) is 3. The molecular formula is C27H27N3O5. The minimum Gasteiger partial charge on any atom is -0.494 e. The Morgan fingerprint density at radius 1 is 0.829 bits per heavy atom. The van der Waals surface area contributed by atoms with Crippen LogP contribution in [0.3, 0.4) is 0 Å². The van der Waals surface area contributed by atoms with Gasteiger partial charge < -0.3 is 25.4 Å². The summed E-state index contributed by atoms with van der Waals surface area (Å²) in [6.07, 6.45) is 1.11. The molecule has 1 atom stereocenters. The van der Waals surface area contributed by atoms with Crippen LogP contribution in [0.25, 0.3) is 0 Å². The molecule has 3 aromatic carbocycles. The molecule has 1 saturated heterocycles. The zero-order valence-electron chi connectivity index (χ0n) is 19.4. The summed E-state index contributed by atoms with van der Waals surface area (Å²) in [7, 11) is 0. The summed E-state index contributed by atoms with van der Waals surface area (Å²) in [6.45, 7) is 3.07. The van der Waals surface area contributed by atoms with Crippen LogP contribution in [0, 0.1) is 0 Å². The van der Waals surface area contributed by atoms with Gasteiger partial charge in [0.05, 0.1) is 6.61 Å². The maximum absolute atomic E-state index is 12.7. The van der Waals surface area contributed by atoms with Crippen LogP contribution in [0.4, 0.5) is 17.1 Å². The number of carbonyl (C=O) groups is 3. The molecule has 0 saturated carbocycles. The second-order valence-corrected chi connectivity index (χ2v) is 8.01. The van der Waals surface area contributed by atoms with Crippen LogP contribution in [0.5, 0.6) is 5.75 Å². The predicted molar refractivity (Wildman–Crippen MR) is 134 cm³/mol. The normalized spacial score (nSPS) is 14.7. The topological polar surface area (TPSA) is 106 Å². The molecule has 0 radical (unpaired) electrons. The van der Waals surface area contributed by atoms with Crippen molar-refractivity contribution < 1.29 is 23.9 Å². The van der Waals surface area contributed by atoms with Gasteiger partial charge in [-0.1, -0.05) is 6.07 Å². The van der Waals surface area contributed by atoms with Crippen LogP contribution < -0.4 is 20.7 Å². The van der Waals surface area contributed by atoms with E-state index in [0.717, 1.165) is 12.2 Å². The van der Waals surface area contributed by atoms with Crippen molar-refractivity contribution in [1.29, 1.82) is 0 Å². The highest BCUT2D eigenvalue weighted by molar-refractivity contribution is 6.07. The summed E-state index contributed by atoms with van der Waals surface area (Å²) >= 11 is 0. The molecule has 1 aliphatic heterocycles. The maximum Gasteiger partial charge on any atom is 0.255 e. The molecule has 0 aliphatic carbocycles. The number of amides is 3.